The molecule has 3 aromatic carbocycles. The Kier molecular flexibility index (Phi) is 6.51. The van der Waals surface area contributed by atoms with Gasteiger partial charge < -0.3 is 4.74 Å². The first-order chi connectivity index (χ1) is 14.8. The standard InChI is InChI=1S/C23H19N3O5/c1-15-6-9-18(10-7-15)22(27)25-24-14-17-8-11-21(20(13-17)26(29)30)31-23(28)19-5-3-4-16(2)12-19/h3-14H,1-2H3,(H,25,27)/b24-14-. The number of nitrogens with one attached hydrogen (secondary N) is 1. The number of aryl methyl sites for hydroxylation is 2. The molecular weight excluding hydrogens is 398 g/mol. The highest BCUT2D eigenvalue weighted by Gasteiger charge is 2.19. The van der Waals surface area contributed by atoms with Gasteiger partial charge in [-0.3, -0.25) is 14.9 Å². The van der Waals surface area contributed by atoms with Gasteiger partial charge in [0.1, 0.15) is 0 Å². The third-order valence-electron chi connectivity index (χ3n) is 4.33. The Morgan fingerprint density at radius 3 is 2.39 bits per heavy atom. The quantitative estimate of drug-likeness (QED) is 0.212. The molecule has 0 radical (unpaired) electrons. The summed E-state index contributed by atoms with van der Waals surface area (Å²) in [6.45, 7) is 3.74. The predicted octanol–water partition coefficient (Wildman–Crippen LogP) is 4.19. The lowest BCUT2D eigenvalue weighted by atomic mass is 10.1. The molecule has 0 heterocycles. The van der Waals surface area contributed by atoms with E-state index in [1.807, 2.05) is 19.9 Å². The molecular formula is C23H19N3O5. The van der Waals surface area contributed by atoms with Gasteiger partial charge in [0.2, 0.25) is 5.75 Å². The predicted molar refractivity (Wildman–Crippen MR) is 115 cm³/mol. The number of esters is 1. The van der Waals surface area contributed by atoms with Gasteiger partial charge in [-0.1, -0.05) is 35.4 Å². The molecule has 8 heteroatoms. The monoisotopic (exact) mass is 417 g/mol. The number of rotatable bonds is 6. The van der Waals surface area contributed by atoms with Gasteiger partial charge >= 0.3 is 11.7 Å². The van der Waals surface area contributed by atoms with E-state index in [1.165, 1.54) is 24.4 Å². The van der Waals surface area contributed by atoms with Crippen molar-refractivity contribution in [3.05, 3.63) is 105 Å². The Morgan fingerprint density at radius 2 is 1.71 bits per heavy atom. The van der Waals surface area contributed by atoms with Gasteiger partial charge in [0.25, 0.3) is 5.91 Å². The van der Waals surface area contributed by atoms with E-state index in [0.717, 1.165) is 11.1 Å². The minimum Gasteiger partial charge on any atom is -0.416 e. The van der Waals surface area contributed by atoms with Crippen molar-refractivity contribution in [2.24, 2.45) is 5.10 Å². The summed E-state index contributed by atoms with van der Waals surface area (Å²) in [5.41, 5.74) is 4.94. The molecule has 31 heavy (non-hydrogen) atoms. The summed E-state index contributed by atoms with van der Waals surface area (Å²) in [4.78, 5) is 35.2. The number of hydrogen-bond acceptors (Lipinski definition) is 6. The van der Waals surface area contributed by atoms with Gasteiger partial charge in [-0.15, -0.1) is 0 Å². The Bertz CT molecular complexity index is 1170. The molecule has 0 unspecified atom stereocenters. The van der Waals surface area contributed by atoms with E-state index < -0.39 is 22.5 Å². The highest BCUT2D eigenvalue weighted by Crippen LogP contribution is 2.28. The number of benzene rings is 3. The number of carbonyl (C=O) groups excluding carboxylic acids is 2. The second kappa shape index (κ2) is 9.45. The molecule has 0 spiro atoms. The molecule has 8 nitrogen and oxygen atoms in total. The normalized spacial score (nSPS) is 10.6. The first-order valence-corrected chi connectivity index (χ1v) is 9.31. The number of nitro benzene ring substituents is 1. The largest absolute Gasteiger partial charge is 0.416 e. The topological polar surface area (TPSA) is 111 Å². The molecule has 3 aromatic rings. The van der Waals surface area contributed by atoms with Crippen LogP contribution < -0.4 is 10.2 Å². The lowest BCUT2D eigenvalue weighted by Gasteiger charge is -2.06. The van der Waals surface area contributed by atoms with Crippen molar-refractivity contribution in [3.63, 3.8) is 0 Å². The van der Waals surface area contributed by atoms with Crippen LogP contribution >= 0.6 is 0 Å². The van der Waals surface area contributed by atoms with Gasteiger partial charge in [0.15, 0.2) is 0 Å². The van der Waals surface area contributed by atoms with Crippen LogP contribution in [0, 0.1) is 24.0 Å². The first kappa shape index (κ1) is 21.4. The zero-order valence-electron chi connectivity index (χ0n) is 16.9. The Hall–Kier alpha value is -4.33. The van der Waals surface area contributed by atoms with E-state index in [1.54, 1.807) is 42.5 Å². The molecule has 1 amide bonds. The maximum absolute atomic E-state index is 12.3. The summed E-state index contributed by atoms with van der Waals surface area (Å²) in [6.07, 6.45) is 1.27. The summed E-state index contributed by atoms with van der Waals surface area (Å²) in [7, 11) is 0. The highest BCUT2D eigenvalue weighted by atomic mass is 16.6. The molecule has 1 N–H and O–H groups in total. The summed E-state index contributed by atoms with van der Waals surface area (Å²) < 4.78 is 5.22. The van der Waals surface area contributed by atoms with Crippen LogP contribution in [0.15, 0.2) is 71.8 Å². The molecule has 0 aliphatic carbocycles. The SMILES string of the molecule is Cc1ccc(C(=O)N/N=C\c2ccc(OC(=O)c3cccc(C)c3)c([N+](=O)[O-])c2)cc1. The number of amides is 1. The van der Waals surface area contributed by atoms with Gasteiger partial charge in [-0.05, 0) is 50.2 Å². The minimum atomic E-state index is -0.696. The van der Waals surface area contributed by atoms with Crippen LogP contribution in [-0.4, -0.2) is 23.0 Å². The lowest BCUT2D eigenvalue weighted by molar-refractivity contribution is -0.385. The van der Waals surface area contributed by atoms with Crippen LogP contribution in [-0.2, 0) is 0 Å². The minimum absolute atomic E-state index is 0.183. The summed E-state index contributed by atoms with van der Waals surface area (Å²) >= 11 is 0. The lowest BCUT2D eigenvalue weighted by Crippen LogP contribution is -2.17. The highest BCUT2D eigenvalue weighted by molar-refractivity contribution is 5.95. The molecule has 0 aromatic heterocycles. The zero-order valence-corrected chi connectivity index (χ0v) is 16.9. The van der Waals surface area contributed by atoms with Crippen molar-refractivity contribution in [1.29, 1.82) is 0 Å². The molecule has 0 atom stereocenters. The first-order valence-electron chi connectivity index (χ1n) is 9.31. The number of ether oxygens (including phenoxy) is 1. The molecule has 0 fully saturated rings. The number of nitro groups is 1. The third kappa shape index (κ3) is 5.60. The fraction of sp³-hybridized carbons (Fsp3) is 0.0870. The number of hydrazone groups is 1. The van der Waals surface area contributed by atoms with Crippen molar-refractivity contribution in [2.75, 3.05) is 0 Å². The molecule has 0 saturated heterocycles. The maximum atomic E-state index is 12.3. The Balaban J connectivity index is 1.73. The van der Waals surface area contributed by atoms with Crippen molar-refractivity contribution in [1.82, 2.24) is 5.43 Å². The average molecular weight is 417 g/mol. The van der Waals surface area contributed by atoms with Gasteiger partial charge in [0, 0.05) is 17.2 Å². The van der Waals surface area contributed by atoms with Gasteiger partial charge in [0.05, 0.1) is 16.7 Å². The average Bonchev–Trinajstić information content (AvgIpc) is 2.75. The fourth-order valence-electron chi connectivity index (χ4n) is 2.71. The van der Waals surface area contributed by atoms with Crippen LogP contribution in [0.5, 0.6) is 5.75 Å². The number of hydrogen-bond donors (Lipinski definition) is 1. The second-order valence-corrected chi connectivity index (χ2v) is 6.81. The van der Waals surface area contributed by atoms with E-state index in [0.29, 0.717) is 16.7 Å². The Labute approximate surface area is 178 Å². The molecule has 156 valence electrons. The fourth-order valence-corrected chi connectivity index (χ4v) is 2.71. The van der Waals surface area contributed by atoms with Crippen LogP contribution in [0.25, 0.3) is 0 Å². The molecule has 0 aliphatic rings. The van der Waals surface area contributed by atoms with Gasteiger partial charge in [-0.25, -0.2) is 10.2 Å². The van der Waals surface area contributed by atoms with Crippen molar-refractivity contribution >= 4 is 23.8 Å². The van der Waals surface area contributed by atoms with Crippen molar-refractivity contribution in [3.8, 4) is 5.75 Å². The van der Waals surface area contributed by atoms with E-state index in [4.69, 9.17) is 4.74 Å². The summed E-state index contributed by atoms with van der Waals surface area (Å²) in [5.74, 6) is -1.29. The smallest absolute Gasteiger partial charge is 0.343 e. The van der Waals surface area contributed by atoms with Crippen molar-refractivity contribution < 1.29 is 19.2 Å². The van der Waals surface area contributed by atoms with Crippen LogP contribution in [0.2, 0.25) is 0 Å². The van der Waals surface area contributed by atoms with Gasteiger partial charge in [-0.2, -0.15) is 5.10 Å². The molecule has 0 aliphatic heterocycles. The van der Waals surface area contributed by atoms with Crippen LogP contribution in [0.1, 0.15) is 37.4 Å². The molecule has 0 saturated carbocycles. The van der Waals surface area contributed by atoms with Crippen LogP contribution in [0.3, 0.4) is 0 Å². The van der Waals surface area contributed by atoms with E-state index in [9.17, 15) is 19.7 Å². The zero-order chi connectivity index (χ0) is 22.4. The van der Waals surface area contributed by atoms with Crippen molar-refractivity contribution in [2.45, 2.75) is 13.8 Å². The third-order valence-corrected chi connectivity index (χ3v) is 4.33. The second-order valence-electron chi connectivity index (χ2n) is 6.81. The number of nitrogens with zero attached hydrogens (tertiary/aromatic N) is 2. The van der Waals surface area contributed by atoms with E-state index in [-0.39, 0.29) is 5.75 Å². The summed E-state index contributed by atoms with van der Waals surface area (Å²) in [5, 5.41) is 15.3. The summed E-state index contributed by atoms with van der Waals surface area (Å²) in [6, 6.07) is 17.7. The Morgan fingerprint density at radius 1 is 0.968 bits per heavy atom. The van der Waals surface area contributed by atoms with Crippen LogP contribution in [0.4, 0.5) is 5.69 Å². The maximum Gasteiger partial charge on any atom is 0.343 e. The molecule has 3 rings (SSSR count). The van der Waals surface area contributed by atoms with E-state index >= 15 is 0 Å². The van der Waals surface area contributed by atoms with E-state index in [2.05, 4.69) is 10.5 Å². The molecule has 0 bridgehead atoms. The number of carbonyl (C=O) groups is 2.